The highest BCUT2D eigenvalue weighted by molar-refractivity contribution is 5.98. The van der Waals surface area contributed by atoms with Crippen LogP contribution in [0.25, 0.3) is 10.9 Å². The molecule has 22 heteroatoms. The first kappa shape index (κ1) is 48.0. The number of aliphatic hydroxyl groups excluding tert-OH is 1. The van der Waals surface area contributed by atoms with E-state index >= 15 is 0 Å². The smallest absolute Gasteiger partial charge is 0.326 e. The van der Waals surface area contributed by atoms with Gasteiger partial charge in [-0.05, 0) is 83.1 Å². The summed E-state index contributed by atoms with van der Waals surface area (Å²) in [6.07, 6.45) is 3.27. The van der Waals surface area contributed by atoms with Gasteiger partial charge in [-0.25, -0.2) is 4.79 Å². The summed E-state index contributed by atoms with van der Waals surface area (Å²) in [6, 6.07) is -2.15. The number of benzene rings is 1. The Morgan fingerprint density at radius 3 is 1.87 bits per heavy atom. The largest absolute Gasteiger partial charge is 0.480 e. The molecule has 0 spiro atoms. The SMILES string of the molecule is C[C@H](NC(=O)[C@H](CCN)NC(=O)[C@H](CCN)NC(=O)[C@H](Cc1c[nH]c2ccccc12)NC(=O)[C@@H](N)CCN)C(=O)N[C@@H](CO)C(=O)N1CCC[C@@H]1C(=O)N1CCC[C@H]1C(=O)O. The van der Waals surface area contributed by atoms with Gasteiger partial charge >= 0.3 is 5.97 Å². The Bertz CT molecular complexity index is 1890. The first-order chi connectivity index (χ1) is 29.1. The number of nitrogens with one attached hydrogen (secondary N) is 6. The number of carboxylic acid groups (broad SMARTS) is 1. The molecule has 2 fully saturated rings. The summed E-state index contributed by atoms with van der Waals surface area (Å²) in [5.41, 5.74) is 24.7. The van der Waals surface area contributed by atoms with Crippen LogP contribution in [0.4, 0.5) is 0 Å². The third kappa shape index (κ3) is 12.4. The Labute approximate surface area is 352 Å². The maximum Gasteiger partial charge on any atom is 0.326 e. The number of aromatic amines is 1. The normalized spacial score (nSPS) is 19.2. The number of aromatic nitrogens is 1. The molecule has 1 aromatic heterocycles. The molecular weight excluding hydrogens is 797 g/mol. The monoisotopic (exact) mass is 856 g/mol. The van der Waals surface area contributed by atoms with Gasteiger partial charge in [0.05, 0.1) is 12.6 Å². The molecule has 2 aromatic rings. The number of nitrogens with two attached hydrogens (primary N) is 4. The number of rotatable bonds is 22. The maximum absolute atomic E-state index is 13.8. The van der Waals surface area contributed by atoms with Crippen LogP contribution in [0.1, 0.15) is 57.4 Å². The van der Waals surface area contributed by atoms with Gasteiger partial charge < -0.3 is 74.5 Å². The van der Waals surface area contributed by atoms with Crippen LogP contribution in [0.15, 0.2) is 30.5 Å². The Hall–Kier alpha value is -5.68. The molecule has 0 unspecified atom stereocenters. The van der Waals surface area contributed by atoms with E-state index in [0.29, 0.717) is 24.8 Å². The van der Waals surface area contributed by atoms with Gasteiger partial charge in [-0.15, -0.1) is 0 Å². The van der Waals surface area contributed by atoms with Gasteiger partial charge in [0, 0.05) is 36.6 Å². The number of carbonyl (C=O) groups excluding carboxylic acids is 7. The topological polar surface area (TPSA) is 364 Å². The van der Waals surface area contributed by atoms with Crippen LogP contribution < -0.4 is 49.5 Å². The van der Waals surface area contributed by atoms with Crippen molar-refractivity contribution in [3.63, 3.8) is 0 Å². The zero-order chi connectivity index (χ0) is 44.8. The molecule has 336 valence electrons. The van der Waals surface area contributed by atoms with Gasteiger partial charge in [0.15, 0.2) is 0 Å². The lowest BCUT2D eigenvalue weighted by atomic mass is 10.0. The number of aliphatic hydroxyl groups is 1. The number of nitrogens with zero attached hydrogens (tertiary/aromatic N) is 2. The maximum atomic E-state index is 13.8. The first-order valence-electron chi connectivity index (χ1n) is 20.5. The van der Waals surface area contributed by atoms with Crippen molar-refractivity contribution in [3.05, 3.63) is 36.0 Å². The van der Waals surface area contributed by atoms with Crippen LogP contribution in [-0.4, -0.2) is 160 Å². The van der Waals surface area contributed by atoms with Crippen molar-refractivity contribution in [1.82, 2.24) is 41.4 Å². The minimum absolute atomic E-state index is 0.0251. The molecule has 2 aliphatic heterocycles. The quantitative estimate of drug-likeness (QED) is 0.0532. The molecule has 61 heavy (non-hydrogen) atoms. The molecule has 16 N–H and O–H groups in total. The van der Waals surface area contributed by atoms with E-state index in [1.807, 2.05) is 24.3 Å². The summed E-state index contributed by atoms with van der Waals surface area (Å²) in [5, 5.41) is 33.2. The van der Waals surface area contributed by atoms with E-state index in [1.165, 1.54) is 16.7 Å². The van der Waals surface area contributed by atoms with Crippen LogP contribution in [-0.2, 0) is 44.8 Å². The van der Waals surface area contributed by atoms with Gasteiger partial charge in [0.25, 0.3) is 0 Å². The third-order valence-electron chi connectivity index (χ3n) is 10.9. The summed E-state index contributed by atoms with van der Waals surface area (Å²) in [6.45, 7) is 0.867. The van der Waals surface area contributed by atoms with Crippen molar-refractivity contribution < 1.29 is 48.6 Å². The molecular formula is C39H60N12O10. The third-order valence-corrected chi connectivity index (χ3v) is 10.9. The Morgan fingerprint density at radius 2 is 1.26 bits per heavy atom. The molecule has 2 aliphatic rings. The standard InChI is InChI=1S/C39H60N12O10/c1-21(32(53)49-29(20-52)37(58)50-16-4-8-30(50)38(59)51-17-5-9-31(51)39(60)61)45-34(55)26(11-14-41)46-35(56)27(12-15-42)47-36(57)28(48-33(54)24(43)10-13-40)18-22-19-44-25-7-3-2-6-23(22)25/h2-3,6-7,19,21,24,26-31,44,52H,4-5,8-18,20,40-43H2,1H3,(H,45,55)(H,46,56)(H,47,57)(H,48,54)(H,49,53)(H,60,61)/t21-,24-,26-,27-,28-,29-,30+,31-/m0/s1. The number of hydrogen-bond acceptors (Lipinski definition) is 13. The van der Waals surface area contributed by atoms with Crippen LogP contribution in [0.3, 0.4) is 0 Å². The molecule has 0 bridgehead atoms. The van der Waals surface area contributed by atoms with E-state index < -0.39 is 102 Å². The molecule has 0 aliphatic carbocycles. The molecule has 0 radical (unpaired) electrons. The van der Waals surface area contributed by atoms with Crippen LogP contribution in [0.2, 0.25) is 0 Å². The van der Waals surface area contributed by atoms with Gasteiger partial charge in [0.2, 0.25) is 41.4 Å². The fourth-order valence-corrected chi connectivity index (χ4v) is 7.56. The number of carboxylic acids is 1. The fourth-order valence-electron chi connectivity index (χ4n) is 7.56. The van der Waals surface area contributed by atoms with E-state index in [2.05, 4.69) is 31.6 Å². The van der Waals surface area contributed by atoms with Crippen molar-refractivity contribution in [2.45, 2.75) is 107 Å². The van der Waals surface area contributed by atoms with Gasteiger partial charge in [0.1, 0.15) is 42.3 Å². The van der Waals surface area contributed by atoms with Crippen molar-refractivity contribution in [1.29, 1.82) is 0 Å². The van der Waals surface area contributed by atoms with Crippen LogP contribution in [0, 0.1) is 0 Å². The minimum Gasteiger partial charge on any atom is -0.480 e. The lowest BCUT2D eigenvalue weighted by molar-refractivity contribution is -0.152. The molecule has 3 heterocycles. The number of amides is 7. The molecule has 7 amide bonds. The fraction of sp³-hybridized carbons (Fsp3) is 0.590. The second kappa shape index (κ2) is 22.8. The van der Waals surface area contributed by atoms with Crippen molar-refractivity contribution in [2.24, 2.45) is 22.9 Å². The molecule has 0 saturated carbocycles. The van der Waals surface area contributed by atoms with Crippen molar-refractivity contribution >= 4 is 58.2 Å². The highest BCUT2D eigenvalue weighted by Crippen LogP contribution is 2.26. The Morgan fingerprint density at radius 1 is 0.721 bits per heavy atom. The Balaban J connectivity index is 1.39. The zero-order valence-corrected chi connectivity index (χ0v) is 34.3. The van der Waals surface area contributed by atoms with E-state index in [4.69, 9.17) is 22.9 Å². The summed E-state index contributed by atoms with van der Waals surface area (Å²) in [4.78, 5) is 111. The van der Waals surface area contributed by atoms with Gasteiger partial charge in [-0.2, -0.15) is 0 Å². The average Bonchev–Trinajstić information content (AvgIpc) is 4.02. The number of fused-ring (bicyclic) bond motifs is 1. The zero-order valence-electron chi connectivity index (χ0n) is 34.3. The second-order valence-corrected chi connectivity index (χ2v) is 15.3. The van der Waals surface area contributed by atoms with Gasteiger partial charge in [-0.1, -0.05) is 18.2 Å². The number of hydrogen-bond donors (Lipinski definition) is 12. The number of likely N-dealkylation sites (tertiary alicyclic amines) is 2. The molecule has 22 nitrogen and oxygen atoms in total. The number of H-pyrrole nitrogens is 1. The lowest BCUT2D eigenvalue weighted by Crippen LogP contribution is -2.60. The van der Waals surface area contributed by atoms with Crippen LogP contribution in [0.5, 0.6) is 0 Å². The van der Waals surface area contributed by atoms with Crippen molar-refractivity contribution in [3.8, 4) is 0 Å². The molecule has 1 aromatic carbocycles. The molecule has 8 atom stereocenters. The van der Waals surface area contributed by atoms with E-state index in [-0.39, 0.29) is 64.8 Å². The highest BCUT2D eigenvalue weighted by atomic mass is 16.4. The highest BCUT2D eigenvalue weighted by Gasteiger charge is 2.44. The Kier molecular flexibility index (Phi) is 17.9. The van der Waals surface area contributed by atoms with Crippen molar-refractivity contribution in [2.75, 3.05) is 39.3 Å². The number of aliphatic carboxylic acids is 1. The van der Waals surface area contributed by atoms with Gasteiger partial charge in [-0.3, -0.25) is 33.6 Å². The second-order valence-electron chi connectivity index (χ2n) is 15.3. The van der Waals surface area contributed by atoms with E-state index in [9.17, 15) is 48.6 Å². The first-order valence-corrected chi connectivity index (χ1v) is 20.5. The summed E-state index contributed by atoms with van der Waals surface area (Å²) >= 11 is 0. The van der Waals surface area contributed by atoms with E-state index in [1.54, 1.807) is 6.20 Å². The molecule has 4 rings (SSSR count). The number of para-hydroxylation sites is 1. The lowest BCUT2D eigenvalue weighted by Gasteiger charge is -2.32. The summed E-state index contributed by atoms with van der Waals surface area (Å²) < 4.78 is 0. The molecule has 2 saturated heterocycles. The minimum atomic E-state index is -1.49. The predicted octanol–water partition coefficient (Wildman–Crippen LogP) is -4.41. The average molecular weight is 857 g/mol. The van der Waals surface area contributed by atoms with Crippen LogP contribution >= 0.6 is 0 Å². The number of carbonyl (C=O) groups is 8. The summed E-state index contributed by atoms with van der Waals surface area (Å²) in [5.74, 6) is -6.24. The van der Waals surface area contributed by atoms with E-state index in [0.717, 1.165) is 10.9 Å². The summed E-state index contributed by atoms with van der Waals surface area (Å²) in [7, 11) is 0. The predicted molar refractivity (Wildman–Crippen MR) is 221 cm³/mol.